The molecule has 0 aromatic heterocycles. The SMILES string of the molecule is COc1cccc(C#CC(OC(N)=O)c2ccccc2)c1. The van der Waals surface area contributed by atoms with Gasteiger partial charge in [-0.05, 0) is 24.1 Å². The van der Waals surface area contributed by atoms with Gasteiger partial charge in [-0.15, -0.1) is 0 Å². The number of rotatable bonds is 3. The zero-order valence-electron chi connectivity index (χ0n) is 11.6. The second-order valence-corrected chi connectivity index (χ2v) is 4.23. The molecule has 0 heterocycles. The van der Waals surface area contributed by atoms with Gasteiger partial charge in [0.2, 0.25) is 0 Å². The largest absolute Gasteiger partial charge is 0.497 e. The fraction of sp³-hybridized carbons (Fsp3) is 0.118. The summed E-state index contributed by atoms with van der Waals surface area (Å²) < 4.78 is 10.2. The number of carbonyl (C=O) groups excluding carboxylic acids is 1. The molecule has 0 saturated heterocycles. The molecule has 21 heavy (non-hydrogen) atoms. The normalized spacial score (nSPS) is 10.9. The van der Waals surface area contributed by atoms with Crippen molar-refractivity contribution in [3.8, 4) is 17.6 Å². The minimum atomic E-state index is -0.858. The lowest BCUT2D eigenvalue weighted by atomic mass is 10.1. The smallest absolute Gasteiger partial charge is 0.406 e. The highest BCUT2D eigenvalue weighted by molar-refractivity contribution is 5.65. The monoisotopic (exact) mass is 281 g/mol. The molecule has 0 aliphatic heterocycles. The summed E-state index contributed by atoms with van der Waals surface area (Å²) in [5, 5.41) is 0. The van der Waals surface area contributed by atoms with Gasteiger partial charge in [-0.25, -0.2) is 4.79 Å². The van der Waals surface area contributed by atoms with Gasteiger partial charge < -0.3 is 15.2 Å². The summed E-state index contributed by atoms with van der Waals surface area (Å²) in [5.41, 5.74) is 6.63. The van der Waals surface area contributed by atoms with Crippen LogP contribution in [0.15, 0.2) is 54.6 Å². The van der Waals surface area contributed by atoms with Gasteiger partial charge in [0.05, 0.1) is 7.11 Å². The summed E-state index contributed by atoms with van der Waals surface area (Å²) in [4.78, 5) is 11.0. The molecule has 0 aliphatic carbocycles. The van der Waals surface area contributed by atoms with Gasteiger partial charge in [-0.3, -0.25) is 0 Å². The fourth-order valence-corrected chi connectivity index (χ4v) is 1.77. The third kappa shape index (κ3) is 4.29. The average Bonchev–Trinajstić information content (AvgIpc) is 2.52. The Morgan fingerprint density at radius 3 is 2.57 bits per heavy atom. The standard InChI is InChI=1S/C17H15NO3/c1-20-15-9-5-6-13(12-15)10-11-16(21-17(18)19)14-7-3-2-4-8-14/h2-9,12,16H,1H3,(H2,18,19). The predicted molar refractivity (Wildman–Crippen MR) is 79.7 cm³/mol. The summed E-state index contributed by atoms with van der Waals surface area (Å²) in [7, 11) is 1.59. The van der Waals surface area contributed by atoms with Crippen molar-refractivity contribution in [3.63, 3.8) is 0 Å². The number of methoxy groups -OCH3 is 1. The van der Waals surface area contributed by atoms with E-state index in [0.29, 0.717) is 5.75 Å². The van der Waals surface area contributed by atoms with Crippen molar-refractivity contribution < 1.29 is 14.3 Å². The van der Waals surface area contributed by atoms with Crippen molar-refractivity contribution in [2.45, 2.75) is 6.10 Å². The third-order valence-corrected chi connectivity index (χ3v) is 2.75. The van der Waals surface area contributed by atoms with Crippen molar-refractivity contribution >= 4 is 6.09 Å². The van der Waals surface area contributed by atoms with Crippen LogP contribution in [-0.2, 0) is 4.74 Å². The Bertz CT molecular complexity index is 671. The van der Waals surface area contributed by atoms with Gasteiger partial charge in [0.15, 0.2) is 6.10 Å². The number of hydrogen-bond donors (Lipinski definition) is 1. The van der Waals surface area contributed by atoms with Crippen LogP contribution in [0, 0.1) is 11.8 Å². The molecule has 4 nitrogen and oxygen atoms in total. The van der Waals surface area contributed by atoms with Crippen molar-refractivity contribution in [3.05, 3.63) is 65.7 Å². The van der Waals surface area contributed by atoms with Crippen LogP contribution in [-0.4, -0.2) is 13.2 Å². The lowest BCUT2D eigenvalue weighted by Gasteiger charge is -2.10. The molecule has 1 unspecified atom stereocenters. The number of primary amides is 1. The van der Waals surface area contributed by atoms with E-state index in [-0.39, 0.29) is 0 Å². The molecular weight excluding hydrogens is 266 g/mol. The van der Waals surface area contributed by atoms with Gasteiger partial charge in [0, 0.05) is 11.1 Å². The molecule has 2 aromatic carbocycles. The van der Waals surface area contributed by atoms with E-state index >= 15 is 0 Å². The van der Waals surface area contributed by atoms with E-state index < -0.39 is 12.2 Å². The number of benzene rings is 2. The predicted octanol–water partition coefficient (Wildman–Crippen LogP) is 2.88. The second-order valence-electron chi connectivity index (χ2n) is 4.23. The Labute approximate surface area is 123 Å². The van der Waals surface area contributed by atoms with E-state index in [2.05, 4.69) is 11.8 Å². The quantitative estimate of drug-likeness (QED) is 0.880. The minimum Gasteiger partial charge on any atom is -0.497 e. The molecule has 2 N–H and O–H groups in total. The Morgan fingerprint density at radius 1 is 1.14 bits per heavy atom. The van der Waals surface area contributed by atoms with E-state index in [0.717, 1.165) is 11.1 Å². The molecular formula is C17H15NO3. The fourth-order valence-electron chi connectivity index (χ4n) is 1.77. The van der Waals surface area contributed by atoms with E-state index in [4.69, 9.17) is 15.2 Å². The van der Waals surface area contributed by atoms with E-state index in [1.807, 2.05) is 48.5 Å². The Hall–Kier alpha value is -2.93. The first kappa shape index (κ1) is 14.5. The molecule has 0 spiro atoms. The Balaban J connectivity index is 2.27. The lowest BCUT2D eigenvalue weighted by molar-refractivity contribution is 0.134. The van der Waals surface area contributed by atoms with Crippen LogP contribution in [0.2, 0.25) is 0 Å². The molecule has 0 aliphatic rings. The van der Waals surface area contributed by atoms with Gasteiger partial charge in [-0.1, -0.05) is 42.3 Å². The first-order valence-corrected chi connectivity index (χ1v) is 6.35. The number of nitrogens with two attached hydrogens (primary N) is 1. The van der Waals surface area contributed by atoms with Crippen LogP contribution >= 0.6 is 0 Å². The molecule has 2 rings (SSSR count). The Kier molecular flexibility index (Phi) is 4.84. The van der Waals surface area contributed by atoms with Crippen LogP contribution < -0.4 is 10.5 Å². The second kappa shape index (κ2) is 7.01. The van der Waals surface area contributed by atoms with E-state index in [1.165, 1.54) is 0 Å². The maximum absolute atomic E-state index is 11.0. The summed E-state index contributed by atoms with van der Waals surface area (Å²) >= 11 is 0. The van der Waals surface area contributed by atoms with Crippen molar-refractivity contribution in [1.82, 2.24) is 0 Å². The van der Waals surface area contributed by atoms with Gasteiger partial charge in [0.25, 0.3) is 0 Å². The lowest BCUT2D eigenvalue weighted by Crippen LogP contribution is -2.16. The van der Waals surface area contributed by atoms with Crippen LogP contribution in [0.25, 0.3) is 0 Å². The molecule has 1 amide bonds. The number of ether oxygens (including phenoxy) is 2. The molecule has 0 radical (unpaired) electrons. The molecule has 0 saturated carbocycles. The Morgan fingerprint density at radius 2 is 1.90 bits per heavy atom. The highest BCUT2D eigenvalue weighted by atomic mass is 16.6. The zero-order chi connectivity index (χ0) is 15.1. The summed E-state index contributed by atoms with van der Waals surface area (Å²) in [6.45, 7) is 0. The van der Waals surface area contributed by atoms with Crippen LogP contribution in [0.3, 0.4) is 0 Å². The van der Waals surface area contributed by atoms with Crippen molar-refractivity contribution in [2.24, 2.45) is 5.73 Å². The molecule has 0 bridgehead atoms. The summed E-state index contributed by atoms with van der Waals surface area (Å²) in [5.74, 6) is 6.58. The molecule has 1 atom stereocenters. The zero-order valence-corrected chi connectivity index (χ0v) is 11.6. The highest BCUT2D eigenvalue weighted by Crippen LogP contribution is 2.17. The van der Waals surface area contributed by atoms with E-state index in [1.54, 1.807) is 13.2 Å². The van der Waals surface area contributed by atoms with Gasteiger partial charge in [0.1, 0.15) is 5.75 Å². The summed E-state index contributed by atoms with van der Waals surface area (Å²) in [6.07, 6.45) is -1.56. The maximum atomic E-state index is 11.0. The van der Waals surface area contributed by atoms with E-state index in [9.17, 15) is 4.79 Å². The summed E-state index contributed by atoms with van der Waals surface area (Å²) in [6, 6.07) is 16.6. The molecule has 4 heteroatoms. The first-order valence-electron chi connectivity index (χ1n) is 6.35. The molecule has 106 valence electrons. The van der Waals surface area contributed by atoms with Gasteiger partial charge >= 0.3 is 6.09 Å². The van der Waals surface area contributed by atoms with Crippen LogP contribution in [0.1, 0.15) is 17.2 Å². The van der Waals surface area contributed by atoms with Gasteiger partial charge in [-0.2, -0.15) is 0 Å². The number of carbonyl (C=O) groups is 1. The van der Waals surface area contributed by atoms with Crippen molar-refractivity contribution in [1.29, 1.82) is 0 Å². The minimum absolute atomic E-state index is 0.699. The van der Waals surface area contributed by atoms with Crippen molar-refractivity contribution in [2.75, 3.05) is 7.11 Å². The first-order chi connectivity index (χ1) is 10.2. The average molecular weight is 281 g/mol. The number of hydrogen-bond acceptors (Lipinski definition) is 3. The van der Waals surface area contributed by atoms with Crippen LogP contribution in [0.5, 0.6) is 5.75 Å². The highest BCUT2D eigenvalue weighted by Gasteiger charge is 2.11. The molecule has 2 aromatic rings. The maximum Gasteiger partial charge on any atom is 0.406 e. The molecule has 0 fully saturated rings. The van der Waals surface area contributed by atoms with Crippen LogP contribution in [0.4, 0.5) is 4.79 Å². The topological polar surface area (TPSA) is 61.6 Å². The third-order valence-electron chi connectivity index (χ3n) is 2.75. The number of amides is 1.